The van der Waals surface area contributed by atoms with Crippen LogP contribution in [0.2, 0.25) is 0 Å². The largest absolute Gasteiger partial charge is 0.383 e. The highest BCUT2D eigenvalue weighted by molar-refractivity contribution is 8.22. The quantitative estimate of drug-likeness (QED) is 0.315. The zero-order valence-corrected chi connectivity index (χ0v) is 4.38. The Morgan fingerprint density at radius 1 is 2.00 bits per heavy atom. The van der Waals surface area contributed by atoms with Gasteiger partial charge in [-0.15, -0.1) is 4.91 Å². The number of nitroso groups, excluding NO2 is 1. The Balaban J connectivity index is 3.05. The van der Waals surface area contributed by atoms with Crippen molar-refractivity contribution in [1.29, 1.82) is 0 Å². The van der Waals surface area contributed by atoms with Crippen LogP contribution in [-0.4, -0.2) is 4.32 Å². The summed E-state index contributed by atoms with van der Waals surface area (Å²) in [4.78, 5) is 9.16. The third kappa shape index (κ3) is 3.84. The molecule has 0 aromatic heterocycles. The summed E-state index contributed by atoms with van der Waals surface area (Å²) in [6, 6.07) is 0. The molecule has 0 spiro atoms. The van der Waals surface area contributed by atoms with Crippen LogP contribution in [0.1, 0.15) is 0 Å². The number of hydrogen-bond donors (Lipinski definition) is 1. The lowest BCUT2D eigenvalue weighted by molar-refractivity contribution is 1.85. The number of thiocarbonyl (C=S) groups is 1. The lowest BCUT2D eigenvalue weighted by Gasteiger charge is -1.75. The topological polar surface area (TPSA) is 55.4 Å². The molecule has 0 fully saturated rings. The molecule has 0 aliphatic heterocycles. The summed E-state index contributed by atoms with van der Waals surface area (Å²) < 4.78 is 2.40. The first-order chi connectivity index (χ1) is 2.77. The van der Waals surface area contributed by atoms with Crippen LogP contribution in [0.5, 0.6) is 0 Å². The van der Waals surface area contributed by atoms with E-state index in [0.29, 0.717) is 11.9 Å². The standard InChI is InChI=1S/CH2N2OS2/c2-1(5)6-3-4/h(H2,2,5). The van der Waals surface area contributed by atoms with Crippen molar-refractivity contribution in [3.05, 3.63) is 4.91 Å². The van der Waals surface area contributed by atoms with Gasteiger partial charge in [0.15, 0.2) is 4.32 Å². The van der Waals surface area contributed by atoms with Gasteiger partial charge in [0.2, 0.25) is 0 Å². The molecule has 0 atom stereocenters. The minimum absolute atomic E-state index is 0.0602. The van der Waals surface area contributed by atoms with Gasteiger partial charge in [0.1, 0.15) is 0 Å². The van der Waals surface area contributed by atoms with E-state index in [4.69, 9.17) is 10.6 Å². The summed E-state index contributed by atoms with van der Waals surface area (Å²) >= 11 is 4.81. The van der Waals surface area contributed by atoms with E-state index >= 15 is 0 Å². The van der Waals surface area contributed by atoms with Gasteiger partial charge in [-0.2, -0.15) is 0 Å². The molecule has 0 rings (SSSR count). The van der Waals surface area contributed by atoms with Gasteiger partial charge in [0.25, 0.3) is 0 Å². The first-order valence-electron chi connectivity index (χ1n) is 1.06. The van der Waals surface area contributed by atoms with Crippen LogP contribution in [-0.2, 0) is 0 Å². The SMILES string of the molecule is NC(=S)SN=O. The van der Waals surface area contributed by atoms with Gasteiger partial charge in [-0.3, -0.25) is 0 Å². The Bertz CT molecular complexity index is 71.9. The maximum atomic E-state index is 9.16. The molecule has 0 aliphatic rings. The van der Waals surface area contributed by atoms with Crippen molar-refractivity contribution in [3.63, 3.8) is 0 Å². The van der Waals surface area contributed by atoms with Crippen LogP contribution < -0.4 is 5.73 Å². The van der Waals surface area contributed by atoms with Crippen molar-refractivity contribution < 1.29 is 0 Å². The number of nitrogens with two attached hydrogens (primary N) is 1. The zero-order valence-electron chi connectivity index (χ0n) is 2.75. The number of rotatable bonds is 1. The molecule has 6 heavy (non-hydrogen) atoms. The smallest absolute Gasteiger partial charge is 0.157 e. The molecule has 0 heterocycles. The summed E-state index contributed by atoms with van der Waals surface area (Å²) in [6.45, 7) is 0. The van der Waals surface area contributed by atoms with E-state index in [9.17, 15) is 0 Å². The van der Waals surface area contributed by atoms with E-state index in [1.807, 2.05) is 0 Å². The van der Waals surface area contributed by atoms with E-state index in [1.54, 1.807) is 0 Å². The lowest BCUT2D eigenvalue weighted by Crippen LogP contribution is -1.98. The van der Waals surface area contributed by atoms with Crippen molar-refractivity contribution in [2.75, 3.05) is 0 Å². The van der Waals surface area contributed by atoms with E-state index in [2.05, 4.69) is 16.8 Å². The molecule has 2 N–H and O–H groups in total. The minimum Gasteiger partial charge on any atom is -0.383 e. The molecule has 0 aromatic rings. The Morgan fingerprint density at radius 2 is 2.50 bits per heavy atom. The second kappa shape index (κ2) is 3.05. The summed E-state index contributed by atoms with van der Waals surface area (Å²) in [5, 5.41) is 0. The fourth-order valence-corrected chi connectivity index (χ4v) is 0.201. The first kappa shape index (κ1) is 5.84. The van der Waals surface area contributed by atoms with Gasteiger partial charge in [-0.05, 0) is 0 Å². The Kier molecular flexibility index (Phi) is 2.97. The molecule has 0 bridgehead atoms. The van der Waals surface area contributed by atoms with Crippen molar-refractivity contribution in [1.82, 2.24) is 0 Å². The summed E-state index contributed by atoms with van der Waals surface area (Å²) in [6.07, 6.45) is 0. The van der Waals surface area contributed by atoms with Crippen molar-refractivity contribution in [3.8, 4) is 0 Å². The van der Waals surface area contributed by atoms with Crippen LogP contribution in [0, 0.1) is 4.91 Å². The third-order valence-corrected chi connectivity index (χ3v) is 0.605. The summed E-state index contributed by atoms with van der Waals surface area (Å²) in [5.41, 5.74) is 4.80. The third-order valence-electron chi connectivity index (χ3n) is 0.127. The lowest BCUT2D eigenvalue weighted by atomic mass is 11.5. The minimum atomic E-state index is 0.0602. The molecule has 0 unspecified atom stereocenters. The van der Waals surface area contributed by atoms with Gasteiger partial charge in [0, 0.05) is 4.58 Å². The van der Waals surface area contributed by atoms with Crippen LogP contribution in [0.3, 0.4) is 0 Å². The molecule has 0 saturated carbocycles. The predicted octanol–water partition coefficient (Wildman–Crippen LogP) is 0.645. The van der Waals surface area contributed by atoms with Crippen molar-refractivity contribution in [2.24, 2.45) is 10.3 Å². The Hall–Kier alpha value is -0.160. The second-order valence-electron chi connectivity index (χ2n) is 0.485. The number of hydrogen-bond acceptors (Lipinski definition) is 4. The highest BCUT2D eigenvalue weighted by Crippen LogP contribution is 1.96. The van der Waals surface area contributed by atoms with Gasteiger partial charge in [-0.1, -0.05) is 12.2 Å². The van der Waals surface area contributed by atoms with E-state index in [0.717, 1.165) is 0 Å². The molecule has 0 amide bonds. The van der Waals surface area contributed by atoms with Crippen LogP contribution in [0.15, 0.2) is 4.58 Å². The van der Waals surface area contributed by atoms with Crippen LogP contribution >= 0.6 is 24.2 Å². The highest BCUT2D eigenvalue weighted by Gasteiger charge is 1.81. The van der Waals surface area contributed by atoms with Gasteiger partial charge in [-0.25, -0.2) is 0 Å². The van der Waals surface area contributed by atoms with Gasteiger partial charge < -0.3 is 5.73 Å². The van der Waals surface area contributed by atoms with Gasteiger partial charge in [0.05, 0.1) is 11.9 Å². The van der Waals surface area contributed by atoms with Crippen molar-refractivity contribution >= 4 is 28.5 Å². The Labute approximate surface area is 44.4 Å². The maximum Gasteiger partial charge on any atom is 0.157 e. The first-order valence-corrected chi connectivity index (χ1v) is 2.24. The molecule has 0 aliphatic carbocycles. The molecular formula is CH2N2OS2. The van der Waals surface area contributed by atoms with E-state index in [-0.39, 0.29) is 4.32 Å². The molecule has 5 heteroatoms. The monoisotopic (exact) mass is 122 g/mol. The molecular weight excluding hydrogens is 120 g/mol. The summed E-state index contributed by atoms with van der Waals surface area (Å²) in [5.74, 6) is 0. The number of nitrogens with zero attached hydrogens (tertiary/aromatic N) is 1. The molecule has 0 saturated heterocycles. The highest BCUT2D eigenvalue weighted by atomic mass is 32.2. The van der Waals surface area contributed by atoms with Crippen LogP contribution in [0.25, 0.3) is 0 Å². The van der Waals surface area contributed by atoms with E-state index in [1.165, 1.54) is 0 Å². The molecule has 0 aromatic carbocycles. The zero-order chi connectivity index (χ0) is 4.99. The maximum absolute atomic E-state index is 9.16. The van der Waals surface area contributed by atoms with Crippen molar-refractivity contribution in [2.45, 2.75) is 0 Å². The fraction of sp³-hybridized carbons (Fsp3) is 0. The molecule has 3 nitrogen and oxygen atoms in total. The summed E-state index contributed by atoms with van der Waals surface area (Å²) in [7, 11) is 0. The van der Waals surface area contributed by atoms with Crippen LogP contribution in [0.4, 0.5) is 0 Å². The van der Waals surface area contributed by atoms with E-state index < -0.39 is 0 Å². The fourth-order valence-electron chi connectivity index (χ4n) is 0.0367. The second-order valence-corrected chi connectivity index (χ2v) is 1.95. The normalized spacial score (nSPS) is 7.33. The predicted molar refractivity (Wildman–Crippen MR) is 30.2 cm³/mol. The van der Waals surface area contributed by atoms with Gasteiger partial charge >= 0.3 is 0 Å². The molecule has 0 radical (unpaired) electrons. The Morgan fingerprint density at radius 3 is 2.50 bits per heavy atom. The molecule has 34 valence electrons. The average Bonchev–Trinajstić information content (AvgIpc) is 1.35. The average molecular weight is 122 g/mol.